The monoisotopic (exact) mass is 473 g/mol. The first kappa shape index (κ1) is 22.0. The van der Waals surface area contributed by atoms with Crippen LogP contribution >= 0.6 is 0 Å². The molecular weight excluding hydrogens is 454 g/mol. The Labute approximate surface area is 197 Å². The number of ether oxygens (including phenoxy) is 2. The fraction of sp³-hybridized carbons (Fsp3) is 0.115. The summed E-state index contributed by atoms with van der Waals surface area (Å²) < 4.78 is 16.5. The van der Waals surface area contributed by atoms with Gasteiger partial charge in [0, 0.05) is 17.5 Å². The van der Waals surface area contributed by atoms with Crippen molar-refractivity contribution < 1.29 is 33.7 Å². The molecule has 1 aromatic heterocycles. The number of amides is 1. The van der Waals surface area contributed by atoms with Gasteiger partial charge in [-0.2, -0.15) is 0 Å². The Hall–Kier alpha value is -4.79. The number of hydrogen-bond donors (Lipinski definition) is 3. The molecule has 1 atom stereocenters. The molecule has 9 heteroatoms. The Kier molecular flexibility index (Phi) is 5.37. The van der Waals surface area contributed by atoms with Crippen molar-refractivity contribution in [2.24, 2.45) is 5.73 Å². The summed E-state index contributed by atoms with van der Waals surface area (Å²) in [5, 5.41) is 20.2. The van der Waals surface area contributed by atoms with E-state index in [0.717, 1.165) is 0 Å². The van der Waals surface area contributed by atoms with Gasteiger partial charge in [0.25, 0.3) is 5.91 Å². The second-order valence-corrected chi connectivity index (χ2v) is 8.09. The van der Waals surface area contributed by atoms with E-state index in [4.69, 9.17) is 19.6 Å². The first-order chi connectivity index (χ1) is 16.8. The second-order valence-electron chi connectivity index (χ2n) is 8.09. The van der Waals surface area contributed by atoms with E-state index in [2.05, 4.69) is 0 Å². The lowest BCUT2D eigenvalue weighted by Gasteiger charge is -2.26. The molecule has 0 saturated carbocycles. The van der Waals surface area contributed by atoms with Crippen LogP contribution in [-0.4, -0.2) is 28.7 Å². The molecule has 0 aliphatic carbocycles. The van der Waals surface area contributed by atoms with Gasteiger partial charge >= 0.3 is 5.97 Å². The lowest BCUT2D eigenvalue weighted by Crippen LogP contribution is -2.22. The number of benzene rings is 3. The third-order valence-corrected chi connectivity index (χ3v) is 5.81. The summed E-state index contributed by atoms with van der Waals surface area (Å²) >= 11 is 0. The van der Waals surface area contributed by atoms with Gasteiger partial charge in [-0.25, -0.2) is 0 Å². The molecule has 4 aromatic rings. The number of carbonyl (C=O) groups excluding carboxylic acids is 2. The zero-order valence-corrected chi connectivity index (χ0v) is 18.2. The third-order valence-electron chi connectivity index (χ3n) is 5.81. The molecule has 9 nitrogen and oxygen atoms in total. The number of esters is 1. The predicted molar refractivity (Wildman–Crippen MR) is 124 cm³/mol. The first-order valence-electron chi connectivity index (χ1n) is 10.6. The summed E-state index contributed by atoms with van der Waals surface area (Å²) in [4.78, 5) is 36.6. The molecule has 0 saturated heterocycles. The van der Waals surface area contributed by atoms with Gasteiger partial charge in [0.15, 0.2) is 6.61 Å². The molecule has 35 heavy (non-hydrogen) atoms. The summed E-state index contributed by atoms with van der Waals surface area (Å²) in [5.41, 5.74) is 6.62. The zero-order valence-electron chi connectivity index (χ0n) is 18.2. The van der Waals surface area contributed by atoms with E-state index in [1.807, 2.05) is 0 Å². The van der Waals surface area contributed by atoms with Crippen molar-refractivity contribution in [2.45, 2.75) is 12.3 Å². The lowest BCUT2D eigenvalue weighted by molar-refractivity contribution is -0.135. The van der Waals surface area contributed by atoms with Crippen LogP contribution in [0, 0.1) is 0 Å². The van der Waals surface area contributed by atoms with Crippen molar-refractivity contribution in [2.75, 3.05) is 6.61 Å². The SMILES string of the molecule is NC(=O)COc1ccc(C2CC(=O)Oc3cc(O)c4c(=O)c(-c5ccc(O)cc5)coc4c32)cc1. The highest BCUT2D eigenvalue weighted by molar-refractivity contribution is 5.94. The predicted octanol–water partition coefficient (Wildman–Crippen LogP) is 3.18. The van der Waals surface area contributed by atoms with Crippen LogP contribution in [-0.2, 0) is 9.59 Å². The third kappa shape index (κ3) is 4.04. The van der Waals surface area contributed by atoms with Gasteiger partial charge in [-0.1, -0.05) is 24.3 Å². The second kappa shape index (κ2) is 8.53. The highest BCUT2D eigenvalue weighted by Crippen LogP contribution is 2.45. The highest BCUT2D eigenvalue weighted by Gasteiger charge is 2.33. The summed E-state index contributed by atoms with van der Waals surface area (Å²) in [6, 6.07) is 14.0. The maximum absolute atomic E-state index is 13.4. The molecule has 1 aliphatic heterocycles. The summed E-state index contributed by atoms with van der Waals surface area (Å²) in [6.45, 7) is -0.267. The van der Waals surface area contributed by atoms with E-state index >= 15 is 0 Å². The topological polar surface area (TPSA) is 149 Å². The molecule has 5 rings (SSSR count). The minimum Gasteiger partial charge on any atom is -0.508 e. The largest absolute Gasteiger partial charge is 0.508 e. The molecule has 1 unspecified atom stereocenters. The van der Waals surface area contributed by atoms with Crippen molar-refractivity contribution >= 4 is 22.8 Å². The molecule has 0 fully saturated rings. The number of nitrogens with two attached hydrogens (primary N) is 1. The average molecular weight is 473 g/mol. The van der Waals surface area contributed by atoms with Gasteiger partial charge in [0.1, 0.15) is 40.2 Å². The van der Waals surface area contributed by atoms with Gasteiger partial charge < -0.3 is 29.8 Å². The number of primary amides is 1. The van der Waals surface area contributed by atoms with E-state index in [-0.39, 0.29) is 46.8 Å². The van der Waals surface area contributed by atoms with Gasteiger partial charge in [-0.3, -0.25) is 14.4 Å². The van der Waals surface area contributed by atoms with Crippen LogP contribution in [0.4, 0.5) is 0 Å². The van der Waals surface area contributed by atoms with Gasteiger partial charge in [-0.15, -0.1) is 0 Å². The number of phenols is 2. The normalized spacial score (nSPS) is 14.9. The Morgan fingerprint density at radius 2 is 1.77 bits per heavy atom. The molecular formula is C26H19NO8. The highest BCUT2D eigenvalue weighted by atomic mass is 16.5. The molecule has 1 aliphatic rings. The minimum absolute atomic E-state index is 0.0161. The zero-order chi connectivity index (χ0) is 24.7. The lowest BCUT2D eigenvalue weighted by atomic mass is 9.85. The Morgan fingerprint density at radius 3 is 2.46 bits per heavy atom. The van der Waals surface area contributed by atoms with Gasteiger partial charge in [-0.05, 0) is 35.4 Å². The van der Waals surface area contributed by atoms with Crippen LogP contribution < -0.4 is 20.6 Å². The van der Waals surface area contributed by atoms with E-state index in [9.17, 15) is 24.6 Å². The van der Waals surface area contributed by atoms with Crippen LogP contribution in [0.15, 0.2) is 70.1 Å². The maximum atomic E-state index is 13.4. The van der Waals surface area contributed by atoms with Crippen LogP contribution in [0.5, 0.6) is 23.0 Å². The van der Waals surface area contributed by atoms with Crippen LogP contribution in [0.3, 0.4) is 0 Å². The molecule has 3 aromatic carbocycles. The van der Waals surface area contributed by atoms with E-state index < -0.39 is 23.2 Å². The minimum atomic E-state index is -0.606. The van der Waals surface area contributed by atoms with Crippen LogP contribution in [0.25, 0.3) is 22.1 Å². The maximum Gasteiger partial charge on any atom is 0.312 e. The molecule has 2 heterocycles. The number of aromatic hydroxyl groups is 2. The number of carbonyl (C=O) groups is 2. The van der Waals surface area contributed by atoms with E-state index in [1.54, 1.807) is 36.4 Å². The van der Waals surface area contributed by atoms with Crippen molar-refractivity contribution in [1.82, 2.24) is 0 Å². The van der Waals surface area contributed by atoms with Crippen molar-refractivity contribution in [3.63, 3.8) is 0 Å². The smallest absolute Gasteiger partial charge is 0.312 e. The van der Waals surface area contributed by atoms with Crippen molar-refractivity contribution in [1.29, 1.82) is 0 Å². The standard InChI is InChI=1S/C26H19NO8/c27-21(30)12-33-16-7-3-13(4-8-16)17-9-22(31)35-20-10-19(29)24-25(32)18(11-34-26(24)23(17)20)14-1-5-15(28)6-2-14/h1-8,10-11,17,28-29H,9,12H2,(H2,27,30). The van der Waals surface area contributed by atoms with Gasteiger partial charge in [0.2, 0.25) is 5.43 Å². The quantitative estimate of drug-likeness (QED) is 0.296. The molecule has 0 radical (unpaired) electrons. The van der Waals surface area contributed by atoms with Gasteiger partial charge in [0.05, 0.1) is 12.0 Å². The Bertz CT molecular complexity index is 1520. The van der Waals surface area contributed by atoms with E-state index in [0.29, 0.717) is 22.4 Å². The summed E-state index contributed by atoms with van der Waals surface area (Å²) in [5.74, 6) is -1.44. The van der Waals surface area contributed by atoms with Crippen molar-refractivity contribution in [3.8, 4) is 34.1 Å². The number of fused-ring (bicyclic) bond motifs is 3. The molecule has 0 spiro atoms. The molecule has 0 bridgehead atoms. The number of phenolic OH excluding ortho intramolecular Hbond substituents is 2. The number of rotatable bonds is 5. The Balaban J connectivity index is 1.64. The van der Waals surface area contributed by atoms with Crippen LogP contribution in [0.2, 0.25) is 0 Å². The Morgan fingerprint density at radius 1 is 1.06 bits per heavy atom. The van der Waals surface area contributed by atoms with Crippen molar-refractivity contribution in [3.05, 3.63) is 82.2 Å². The fourth-order valence-electron chi connectivity index (χ4n) is 4.21. The summed E-state index contributed by atoms with van der Waals surface area (Å²) in [6.07, 6.45) is 1.27. The molecule has 176 valence electrons. The fourth-order valence-corrected chi connectivity index (χ4v) is 4.21. The molecule has 1 amide bonds. The molecule has 4 N–H and O–H groups in total. The summed E-state index contributed by atoms with van der Waals surface area (Å²) in [7, 11) is 0. The number of hydrogen-bond acceptors (Lipinski definition) is 8. The average Bonchev–Trinajstić information content (AvgIpc) is 2.83. The van der Waals surface area contributed by atoms with E-state index in [1.165, 1.54) is 24.5 Å². The van der Waals surface area contributed by atoms with Crippen LogP contribution in [0.1, 0.15) is 23.5 Å². The first-order valence-corrected chi connectivity index (χ1v) is 10.6.